The van der Waals surface area contributed by atoms with Gasteiger partial charge in [0.15, 0.2) is 5.84 Å². The van der Waals surface area contributed by atoms with Crippen molar-refractivity contribution in [3.63, 3.8) is 0 Å². The Kier molecular flexibility index (Phi) is 5.97. The smallest absolute Gasteiger partial charge is 0.283 e. The number of carbonyl (C=O) groups is 1. The molecule has 2 aliphatic heterocycles. The van der Waals surface area contributed by atoms with Crippen molar-refractivity contribution in [1.82, 2.24) is 9.58 Å². The number of thioether (sulfide) groups is 1. The number of carbonyl (C=O) groups excluding carboxylic acids is 1. The summed E-state index contributed by atoms with van der Waals surface area (Å²) in [6.07, 6.45) is 7.61. The minimum absolute atomic E-state index is 0.0684. The molecule has 0 unspecified atom stereocenters. The van der Waals surface area contributed by atoms with E-state index in [0.717, 1.165) is 40.5 Å². The number of amides is 1. The van der Waals surface area contributed by atoms with Crippen molar-refractivity contribution in [1.29, 1.82) is 5.41 Å². The van der Waals surface area contributed by atoms with Crippen molar-refractivity contribution in [2.75, 3.05) is 0 Å². The van der Waals surface area contributed by atoms with Crippen LogP contribution in [0.4, 0.5) is 0 Å². The van der Waals surface area contributed by atoms with E-state index in [1.165, 1.54) is 36.0 Å². The minimum atomic E-state index is -0.408. The van der Waals surface area contributed by atoms with Crippen LogP contribution < -0.4 is 0 Å². The Labute approximate surface area is 206 Å². The minimum Gasteiger partial charge on any atom is -0.318 e. The Hall–Kier alpha value is -2.35. The zero-order valence-electron chi connectivity index (χ0n) is 18.4. The zero-order chi connectivity index (χ0) is 23.3. The molecule has 0 radical (unpaired) electrons. The van der Waals surface area contributed by atoms with Crippen LogP contribution in [0.15, 0.2) is 39.9 Å². The Bertz CT molecular complexity index is 1250. The third kappa shape index (κ3) is 4.18. The van der Waals surface area contributed by atoms with E-state index in [1.54, 1.807) is 12.1 Å². The number of hydrogen-bond acceptors (Lipinski definition) is 4. The van der Waals surface area contributed by atoms with Gasteiger partial charge in [-0.25, -0.2) is 0 Å². The van der Waals surface area contributed by atoms with E-state index in [9.17, 15) is 4.79 Å². The Morgan fingerprint density at radius 2 is 1.79 bits per heavy atom. The van der Waals surface area contributed by atoms with Crippen LogP contribution in [0.2, 0.25) is 10.0 Å². The molecule has 3 heterocycles. The average molecular weight is 500 g/mol. The highest BCUT2D eigenvalue weighted by atomic mass is 35.5. The zero-order valence-corrected chi connectivity index (χ0v) is 20.7. The number of aryl methyl sites for hydroxylation is 1. The Morgan fingerprint density at radius 1 is 1.09 bits per heavy atom. The number of hydrogen-bond donors (Lipinski definition) is 1. The topological polar surface area (TPSA) is 73.8 Å². The summed E-state index contributed by atoms with van der Waals surface area (Å²) in [6.45, 7) is 3.94. The van der Waals surface area contributed by atoms with Gasteiger partial charge in [-0.1, -0.05) is 42.5 Å². The molecule has 0 saturated heterocycles. The van der Waals surface area contributed by atoms with E-state index >= 15 is 0 Å². The summed E-state index contributed by atoms with van der Waals surface area (Å²) in [5.74, 6) is 0.0594. The van der Waals surface area contributed by atoms with Crippen molar-refractivity contribution in [2.24, 2.45) is 16.0 Å². The van der Waals surface area contributed by atoms with Gasteiger partial charge in [-0.15, -0.1) is 0 Å². The summed E-state index contributed by atoms with van der Waals surface area (Å²) in [7, 11) is 0. The van der Waals surface area contributed by atoms with E-state index in [0.29, 0.717) is 21.1 Å². The molecule has 1 aliphatic carbocycles. The van der Waals surface area contributed by atoms with Crippen molar-refractivity contribution in [2.45, 2.75) is 46.0 Å². The molecule has 5 rings (SSSR count). The van der Waals surface area contributed by atoms with Crippen molar-refractivity contribution in [3.05, 3.63) is 56.8 Å². The van der Waals surface area contributed by atoms with E-state index < -0.39 is 5.91 Å². The maximum absolute atomic E-state index is 12.9. The van der Waals surface area contributed by atoms with Crippen molar-refractivity contribution in [3.8, 4) is 5.69 Å². The molecule has 1 N–H and O–H groups in total. The lowest BCUT2D eigenvalue weighted by atomic mass is 9.90. The second-order valence-electron chi connectivity index (χ2n) is 8.58. The molecule has 0 atom stereocenters. The quantitative estimate of drug-likeness (QED) is 0.483. The van der Waals surface area contributed by atoms with Gasteiger partial charge in [0, 0.05) is 33.0 Å². The molecule has 9 heteroatoms. The van der Waals surface area contributed by atoms with Gasteiger partial charge in [0.25, 0.3) is 5.91 Å². The molecule has 1 fully saturated rings. The van der Waals surface area contributed by atoms with Crippen molar-refractivity contribution >= 4 is 63.0 Å². The molecule has 1 aromatic carbocycles. The number of halogens is 2. The van der Waals surface area contributed by atoms with E-state index in [2.05, 4.69) is 10.1 Å². The normalized spacial score (nSPS) is 20.4. The van der Waals surface area contributed by atoms with Gasteiger partial charge >= 0.3 is 0 Å². The number of fused-ring (bicyclic) bond motifs is 1. The number of amidine groups is 2. The van der Waals surface area contributed by atoms with Crippen molar-refractivity contribution < 1.29 is 4.79 Å². The van der Waals surface area contributed by atoms with E-state index in [4.69, 9.17) is 28.6 Å². The van der Waals surface area contributed by atoms with Crippen LogP contribution in [0.3, 0.4) is 0 Å². The number of rotatable bonds is 3. The van der Waals surface area contributed by atoms with Crippen LogP contribution in [0.25, 0.3) is 11.8 Å². The SMILES string of the molecule is Cc1cc(/C=C2/C(=N)N3N=C(C4CCCCC4)SC3=NC2=O)c(C)n1-c1cc(Cl)cc(Cl)c1. The molecular weight excluding hydrogens is 477 g/mol. The molecule has 1 aromatic heterocycles. The molecule has 0 spiro atoms. The molecule has 170 valence electrons. The first kappa shape index (κ1) is 22.4. The van der Waals surface area contributed by atoms with Gasteiger partial charge in [0.2, 0.25) is 5.17 Å². The first-order valence-electron chi connectivity index (χ1n) is 11.0. The highest BCUT2D eigenvalue weighted by Gasteiger charge is 2.38. The third-order valence-corrected chi connectivity index (χ3v) is 7.81. The second-order valence-corrected chi connectivity index (χ2v) is 10.4. The van der Waals surface area contributed by atoms with Gasteiger partial charge in [-0.2, -0.15) is 15.1 Å². The number of aliphatic imine (C=N–C) groups is 1. The largest absolute Gasteiger partial charge is 0.318 e. The number of benzene rings is 1. The summed E-state index contributed by atoms with van der Waals surface area (Å²) in [5, 5.41) is 17.5. The molecular formula is C24H23Cl2N5OS. The number of aromatic nitrogens is 1. The fourth-order valence-electron chi connectivity index (χ4n) is 4.68. The van der Waals surface area contributed by atoms with E-state index in [-0.39, 0.29) is 11.4 Å². The van der Waals surface area contributed by atoms with Crippen LogP contribution in [-0.4, -0.2) is 31.5 Å². The Balaban J connectivity index is 1.49. The summed E-state index contributed by atoms with van der Waals surface area (Å²) >= 11 is 13.8. The summed E-state index contributed by atoms with van der Waals surface area (Å²) in [6, 6.07) is 7.36. The van der Waals surface area contributed by atoms with Gasteiger partial charge in [-0.3, -0.25) is 10.2 Å². The summed E-state index contributed by atoms with van der Waals surface area (Å²) < 4.78 is 2.03. The van der Waals surface area contributed by atoms with Crippen LogP contribution in [-0.2, 0) is 4.79 Å². The molecule has 3 aliphatic rings. The molecule has 6 nitrogen and oxygen atoms in total. The number of nitrogens with one attached hydrogen (secondary N) is 1. The fraction of sp³-hybridized carbons (Fsp3) is 0.333. The Morgan fingerprint density at radius 3 is 2.48 bits per heavy atom. The lowest BCUT2D eigenvalue weighted by Gasteiger charge is -2.20. The molecule has 0 bridgehead atoms. The van der Waals surface area contributed by atoms with Crippen LogP contribution in [0.1, 0.15) is 49.1 Å². The van der Waals surface area contributed by atoms with Crippen LogP contribution in [0.5, 0.6) is 0 Å². The van der Waals surface area contributed by atoms with Gasteiger partial charge in [-0.05, 0) is 74.4 Å². The number of nitrogens with zero attached hydrogens (tertiary/aromatic N) is 4. The highest BCUT2D eigenvalue weighted by Crippen LogP contribution is 2.36. The molecule has 1 amide bonds. The second kappa shape index (κ2) is 8.78. The standard InChI is InChI=1S/C24H23Cl2N5OS/c1-13-8-16(14(2)30(13)19-11-17(25)10-18(26)12-19)9-20-21(27)31-24(28-22(20)32)33-23(29-31)15-6-4-3-5-7-15/h8-12,15,27H,3-7H2,1-2H3/b20-9-,27-21?. The van der Waals surface area contributed by atoms with E-state index in [1.807, 2.05) is 36.6 Å². The van der Waals surface area contributed by atoms with Gasteiger partial charge in [0.1, 0.15) is 5.04 Å². The maximum Gasteiger partial charge on any atom is 0.283 e. The first-order chi connectivity index (χ1) is 15.8. The summed E-state index contributed by atoms with van der Waals surface area (Å²) in [4.78, 5) is 17.1. The predicted octanol–water partition coefficient (Wildman–Crippen LogP) is 6.60. The summed E-state index contributed by atoms with van der Waals surface area (Å²) in [5.41, 5.74) is 3.79. The monoisotopic (exact) mass is 499 g/mol. The molecule has 2 aromatic rings. The lowest BCUT2D eigenvalue weighted by molar-refractivity contribution is -0.114. The first-order valence-corrected chi connectivity index (χ1v) is 12.5. The molecule has 33 heavy (non-hydrogen) atoms. The average Bonchev–Trinajstić information content (AvgIpc) is 3.31. The lowest BCUT2D eigenvalue weighted by Crippen LogP contribution is -2.35. The van der Waals surface area contributed by atoms with Gasteiger partial charge in [0.05, 0.1) is 5.57 Å². The fourth-order valence-corrected chi connectivity index (χ4v) is 6.25. The predicted molar refractivity (Wildman–Crippen MR) is 137 cm³/mol. The van der Waals surface area contributed by atoms with Crippen LogP contribution in [0, 0.1) is 25.2 Å². The highest BCUT2D eigenvalue weighted by molar-refractivity contribution is 8.27. The molecule has 1 saturated carbocycles. The number of hydrazone groups is 1. The van der Waals surface area contributed by atoms with Crippen LogP contribution >= 0.6 is 35.0 Å². The van der Waals surface area contributed by atoms with Gasteiger partial charge < -0.3 is 4.57 Å². The third-order valence-electron chi connectivity index (χ3n) is 6.30. The maximum atomic E-state index is 12.9.